The lowest BCUT2D eigenvalue weighted by Gasteiger charge is -2.27. The number of rotatable bonds is 6. The van der Waals surface area contributed by atoms with Gasteiger partial charge in [0.15, 0.2) is 5.54 Å². The molecule has 5 rings (SSSR count). The van der Waals surface area contributed by atoms with Crippen LogP contribution in [0.25, 0.3) is 11.4 Å². The molecule has 1 saturated heterocycles. The fourth-order valence-electron chi connectivity index (χ4n) is 4.01. The summed E-state index contributed by atoms with van der Waals surface area (Å²) in [4.78, 5) is 32.1. The summed E-state index contributed by atoms with van der Waals surface area (Å²) in [5, 5.41) is 7.44. The number of nitrogens with one attached hydrogen (secondary N) is 1. The molecular formula is C25H19ClN4O3. The van der Waals surface area contributed by atoms with Crippen molar-refractivity contribution in [3.05, 3.63) is 107 Å². The predicted octanol–water partition coefficient (Wildman–Crippen LogP) is 4.58. The van der Waals surface area contributed by atoms with Gasteiger partial charge in [-0.25, -0.2) is 4.79 Å². The standard InChI is InChI=1S/C25H19ClN4O3/c26-20-13-7-10-18(14-20)22-27-21(33-29-22)16-30-23(31)25(28-24(30)32,19-11-5-2-6-12-19)15-17-8-3-1-4-9-17/h1-14H,15-16H2,(H,28,32)/t25-/m1/s1. The van der Waals surface area contributed by atoms with Crippen molar-refractivity contribution >= 4 is 23.5 Å². The second-order valence-corrected chi connectivity index (χ2v) is 8.21. The molecule has 1 aromatic heterocycles. The van der Waals surface area contributed by atoms with E-state index < -0.39 is 11.6 Å². The number of carbonyl (C=O) groups is 2. The van der Waals surface area contributed by atoms with Crippen LogP contribution in [0.15, 0.2) is 89.5 Å². The highest BCUT2D eigenvalue weighted by atomic mass is 35.5. The molecule has 8 heteroatoms. The topological polar surface area (TPSA) is 88.3 Å². The maximum atomic E-state index is 13.7. The molecule has 1 fully saturated rings. The van der Waals surface area contributed by atoms with Crippen LogP contribution in [0.4, 0.5) is 4.79 Å². The molecule has 1 aliphatic rings. The first-order valence-electron chi connectivity index (χ1n) is 10.4. The summed E-state index contributed by atoms with van der Waals surface area (Å²) in [6.45, 7) is -0.137. The van der Waals surface area contributed by atoms with Crippen LogP contribution in [0, 0.1) is 0 Å². The minimum absolute atomic E-state index is 0.137. The first-order chi connectivity index (χ1) is 16.0. The van der Waals surface area contributed by atoms with Gasteiger partial charge in [-0.1, -0.05) is 89.6 Å². The van der Waals surface area contributed by atoms with Gasteiger partial charge in [-0.05, 0) is 23.3 Å². The molecule has 0 saturated carbocycles. The number of aromatic nitrogens is 2. The second kappa shape index (κ2) is 8.52. The van der Waals surface area contributed by atoms with Gasteiger partial charge in [0.1, 0.15) is 6.54 Å². The Morgan fingerprint density at radius 1 is 0.939 bits per heavy atom. The number of urea groups is 1. The Morgan fingerprint density at radius 3 is 2.39 bits per heavy atom. The summed E-state index contributed by atoms with van der Waals surface area (Å²) >= 11 is 6.04. The third-order valence-electron chi connectivity index (χ3n) is 5.60. The molecule has 1 N–H and O–H groups in total. The van der Waals surface area contributed by atoms with E-state index in [0.717, 1.165) is 10.5 Å². The smallest absolute Gasteiger partial charge is 0.325 e. The summed E-state index contributed by atoms with van der Waals surface area (Å²) in [6, 6.07) is 25.4. The van der Waals surface area contributed by atoms with Crippen LogP contribution in [-0.2, 0) is 23.3 Å². The van der Waals surface area contributed by atoms with Crippen molar-refractivity contribution in [1.82, 2.24) is 20.4 Å². The average molecular weight is 459 g/mol. The average Bonchev–Trinajstić information content (AvgIpc) is 3.40. The summed E-state index contributed by atoms with van der Waals surface area (Å²) < 4.78 is 5.33. The van der Waals surface area contributed by atoms with E-state index in [2.05, 4.69) is 15.5 Å². The normalized spacial score (nSPS) is 17.9. The Hall–Kier alpha value is -3.97. The first-order valence-corrected chi connectivity index (χ1v) is 10.7. The first kappa shape index (κ1) is 20.9. The van der Waals surface area contributed by atoms with Crippen LogP contribution in [-0.4, -0.2) is 27.0 Å². The third-order valence-corrected chi connectivity index (χ3v) is 5.83. The number of hydrogen-bond acceptors (Lipinski definition) is 5. The molecule has 164 valence electrons. The van der Waals surface area contributed by atoms with Crippen LogP contribution in [0.5, 0.6) is 0 Å². The molecule has 7 nitrogen and oxygen atoms in total. The number of nitrogens with zero attached hydrogens (tertiary/aromatic N) is 3. The molecule has 3 amide bonds. The highest BCUT2D eigenvalue weighted by molar-refractivity contribution is 6.30. The molecule has 33 heavy (non-hydrogen) atoms. The van der Waals surface area contributed by atoms with Gasteiger partial charge < -0.3 is 9.84 Å². The van der Waals surface area contributed by atoms with Crippen LogP contribution < -0.4 is 5.32 Å². The van der Waals surface area contributed by atoms with Gasteiger partial charge in [0.2, 0.25) is 11.7 Å². The van der Waals surface area contributed by atoms with E-state index in [1.807, 2.05) is 60.7 Å². The Kier molecular flexibility index (Phi) is 5.40. The predicted molar refractivity (Wildman–Crippen MR) is 122 cm³/mol. The van der Waals surface area contributed by atoms with E-state index in [0.29, 0.717) is 28.4 Å². The number of halogens is 1. The van der Waals surface area contributed by atoms with Crippen molar-refractivity contribution < 1.29 is 14.1 Å². The second-order valence-electron chi connectivity index (χ2n) is 7.78. The molecule has 0 unspecified atom stereocenters. The van der Waals surface area contributed by atoms with E-state index in [-0.39, 0.29) is 18.3 Å². The Bertz CT molecular complexity index is 1310. The summed E-state index contributed by atoms with van der Waals surface area (Å²) in [7, 11) is 0. The number of hydrogen-bond donors (Lipinski definition) is 1. The molecule has 3 aromatic carbocycles. The zero-order valence-electron chi connectivity index (χ0n) is 17.4. The fraction of sp³-hybridized carbons (Fsp3) is 0.120. The number of imide groups is 1. The minimum atomic E-state index is -1.23. The zero-order chi connectivity index (χ0) is 22.8. The van der Waals surface area contributed by atoms with Gasteiger partial charge in [-0.3, -0.25) is 9.69 Å². The summed E-state index contributed by atoms with van der Waals surface area (Å²) in [5.74, 6) is 0.111. The Balaban J connectivity index is 1.45. The maximum absolute atomic E-state index is 13.7. The van der Waals surface area contributed by atoms with Crippen LogP contribution in [0.2, 0.25) is 5.02 Å². The lowest BCUT2D eigenvalue weighted by Crippen LogP contribution is -2.46. The monoisotopic (exact) mass is 458 g/mol. The third kappa shape index (κ3) is 3.99. The van der Waals surface area contributed by atoms with Crippen LogP contribution in [0.3, 0.4) is 0 Å². The van der Waals surface area contributed by atoms with Crippen molar-refractivity contribution in [1.29, 1.82) is 0 Å². The number of benzene rings is 3. The lowest BCUT2D eigenvalue weighted by atomic mass is 9.83. The van der Waals surface area contributed by atoms with Crippen LogP contribution >= 0.6 is 11.6 Å². The maximum Gasteiger partial charge on any atom is 0.325 e. The fourth-order valence-corrected chi connectivity index (χ4v) is 4.20. The van der Waals surface area contributed by atoms with Gasteiger partial charge >= 0.3 is 6.03 Å². The SMILES string of the molecule is O=C1N[C@](Cc2ccccc2)(c2ccccc2)C(=O)N1Cc1nc(-c2cccc(Cl)c2)no1. The Morgan fingerprint density at radius 2 is 1.67 bits per heavy atom. The molecule has 2 heterocycles. The highest BCUT2D eigenvalue weighted by Gasteiger charge is 2.52. The largest absolute Gasteiger partial charge is 0.337 e. The van der Waals surface area contributed by atoms with E-state index >= 15 is 0 Å². The lowest BCUT2D eigenvalue weighted by molar-refractivity contribution is -0.132. The molecule has 0 aliphatic carbocycles. The van der Waals surface area contributed by atoms with Crippen molar-refractivity contribution in [2.75, 3.05) is 0 Å². The molecule has 0 bridgehead atoms. The van der Waals surface area contributed by atoms with Gasteiger partial charge in [0.05, 0.1) is 0 Å². The van der Waals surface area contributed by atoms with Gasteiger partial charge in [-0.15, -0.1) is 0 Å². The summed E-state index contributed by atoms with van der Waals surface area (Å²) in [6.07, 6.45) is 0.316. The van der Waals surface area contributed by atoms with Crippen molar-refractivity contribution in [2.45, 2.75) is 18.5 Å². The van der Waals surface area contributed by atoms with Crippen molar-refractivity contribution in [3.8, 4) is 11.4 Å². The zero-order valence-corrected chi connectivity index (χ0v) is 18.2. The quantitative estimate of drug-likeness (QED) is 0.427. The molecule has 1 atom stereocenters. The molecule has 1 aliphatic heterocycles. The summed E-state index contributed by atoms with van der Waals surface area (Å²) in [5.41, 5.74) is 1.09. The Labute approximate surface area is 195 Å². The molecular weight excluding hydrogens is 440 g/mol. The van der Waals surface area contributed by atoms with E-state index in [1.54, 1.807) is 24.3 Å². The molecule has 0 radical (unpaired) electrons. The van der Waals surface area contributed by atoms with Crippen molar-refractivity contribution in [3.63, 3.8) is 0 Å². The highest BCUT2D eigenvalue weighted by Crippen LogP contribution is 2.34. The number of carbonyl (C=O) groups excluding carboxylic acids is 2. The van der Waals surface area contributed by atoms with Gasteiger partial charge in [0, 0.05) is 17.0 Å². The van der Waals surface area contributed by atoms with Crippen LogP contribution in [0.1, 0.15) is 17.0 Å². The van der Waals surface area contributed by atoms with Crippen molar-refractivity contribution in [2.24, 2.45) is 0 Å². The molecule has 4 aromatic rings. The van der Waals surface area contributed by atoms with E-state index in [1.165, 1.54) is 0 Å². The van der Waals surface area contributed by atoms with Gasteiger partial charge in [-0.2, -0.15) is 4.98 Å². The number of amides is 3. The van der Waals surface area contributed by atoms with E-state index in [9.17, 15) is 9.59 Å². The minimum Gasteiger partial charge on any atom is -0.337 e. The molecule has 0 spiro atoms. The van der Waals surface area contributed by atoms with E-state index in [4.69, 9.17) is 16.1 Å². The van der Waals surface area contributed by atoms with Gasteiger partial charge in [0.25, 0.3) is 5.91 Å².